The number of methoxy groups -OCH3 is 3. The zero-order chi connectivity index (χ0) is 46.2. The lowest BCUT2D eigenvalue weighted by Crippen LogP contribution is -2.43. The van der Waals surface area contributed by atoms with Crippen molar-refractivity contribution in [2.75, 3.05) is 33.6 Å². The molecule has 1 unspecified atom stereocenters. The number of nitrogens with two attached hydrogens (primary N) is 1. The summed E-state index contributed by atoms with van der Waals surface area (Å²) < 4.78 is 86.3. The normalized spacial score (nSPS) is 12.4. The Kier molecular flexibility index (Phi) is 14.5. The third-order valence-corrected chi connectivity index (χ3v) is 13.2. The summed E-state index contributed by atoms with van der Waals surface area (Å²) in [6.07, 6.45) is 2.13. The van der Waals surface area contributed by atoms with Gasteiger partial charge in [-0.25, -0.2) is 26.4 Å². The molecule has 4 aromatic carbocycles. The molecule has 0 radical (unpaired) electrons. The van der Waals surface area contributed by atoms with E-state index in [0.717, 1.165) is 5.56 Å². The quantitative estimate of drug-likeness (QED) is 0.0948. The molecule has 0 saturated carbocycles. The number of carbonyl (C=O) groups is 1. The van der Waals surface area contributed by atoms with Crippen molar-refractivity contribution in [3.05, 3.63) is 120 Å². The zero-order valence-corrected chi connectivity index (χ0v) is 38.1. The number of nitrogen functional groups attached to an aromatic ring is 1. The highest BCUT2D eigenvalue weighted by Crippen LogP contribution is 2.41. The van der Waals surface area contributed by atoms with Gasteiger partial charge in [0.1, 0.15) is 32.6 Å². The number of alkyl carbamates (subject to hydrolysis) is 1. The number of benzene rings is 4. The predicted octanol–water partition coefficient (Wildman–Crippen LogP) is 5.64. The van der Waals surface area contributed by atoms with Crippen molar-refractivity contribution in [3.8, 4) is 39.8 Å². The number of aromatic nitrogens is 5. The van der Waals surface area contributed by atoms with Crippen LogP contribution in [0.15, 0.2) is 113 Å². The second kappa shape index (κ2) is 19.8. The van der Waals surface area contributed by atoms with E-state index in [9.17, 15) is 13.2 Å². The summed E-state index contributed by atoms with van der Waals surface area (Å²) in [6.45, 7) is 6.12. The number of ether oxygens (including phenoxy) is 4. The number of nitrogens with zero attached hydrogens (tertiary/aromatic N) is 6. The summed E-state index contributed by atoms with van der Waals surface area (Å²) in [4.78, 5) is 16.8. The second-order valence-electron chi connectivity index (χ2n) is 15.7. The lowest BCUT2D eigenvalue weighted by molar-refractivity contribution is 0.0524. The first-order valence-corrected chi connectivity index (χ1v) is 22.9. The summed E-state index contributed by atoms with van der Waals surface area (Å²) in [7, 11) is -5.08. The fourth-order valence-electron chi connectivity index (χ4n) is 6.55. The van der Waals surface area contributed by atoms with Crippen molar-refractivity contribution < 1.29 is 40.6 Å². The van der Waals surface area contributed by atoms with Gasteiger partial charge in [-0.2, -0.15) is 9.10 Å². The summed E-state index contributed by atoms with van der Waals surface area (Å²) in [5, 5.41) is 15.8. The third kappa shape index (κ3) is 11.7. The molecule has 0 bridgehead atoms. The molecule has 1 amide bonds. The van der Waals surface area contributed by atoms with E-state index in [1.54, 1.807) is 94.6 Å². The van der Waals surface area contributed by atoms with Crippen molar-refractivity contribution >= 4 is 31.8 Å². The van der Waals surface area contributed by atoms with E-state index >= 15 is 8.42 Å². The number of hydrogen-bond donors (Lipinski definition) is 3. The van der Waals surface area contributed by atoms with E-state index in [1.807, 2.05) is 12.1 Å². The van der Waals surface area contributed by atoms with Gasteiger partial charge in [-0.3, -0.25) is 4.98 Å². The molecule has 2 heterocycles. The smallest absolute Gasteiger partial charge is 0.407 e. The van der Waals surface area contributed by atoms with Gasteiger partial charge in [0.2, 0.25) is 25.9 Å². The van der Waals surface area contributed by atoms with Crippen LogP contribution >= 0.6 is 0 Å². The Bertz CT molecular complexity index is 2730. The minimum Gasteiger partial charge on any atom is -0.497 e. The molecule has 0 aliphatic carbocycles. The zero-order valence-electron chi connectivity index (χ0n) is 36.5. The Labute approximate surface area is 372 Å². The summed E-state index contributed by atoms with van der Waals surface area (Å²) in [6, 6.07) is 24.1. The molecule has 2 aromatic heterocycles. The van der Waals surface area contributed by atoms with E-state index in [2.05, 4.69) is 30.4 Å². The number of anilines is 1. The van der Waals surface area contributed by atoms with Crippen molar-refractivity contribution in [3.63, 3.8) is 0 Å². The largest absolute Gasteiger partial charge is 0.497 e. The highest BCUT2D eigenvalue weighted by atomic mass is 32.2. The van der Waals surface area contributed by atoms with Crippen molar-refractivity contribution in [1.82, 2.24) is 39.5 Å². The molecule has 0 aliphatic heterocycles. The van der Waals surface area contributed by atoms with Gasteiger partial charge in [-0.1, -0.05) is 42.5 Å². The molecule has 4 N–H and O–H groups in total. The van der Waals surface area contributed by atoms with Crippen LogP contribution in [-0.4, -0.2) is 91.9 Å². The number of amides is 1. The molecule has 6 rings (SSSR count). The molecule has 338 valence electrons. The van der Waals surface area contributed by atoms with Crippen molar-refractivity contribution in [2.24, 2.45) is 0 Å². The van der Waals surface area contributed by atoms with Crippen LogP contribution in [0.3, 0.4) is 0 Å². The van der Waals surface area contributed by atoms with E-state index < -0.39 is 47.6 Å². The first-order chi connectivity index (χ1) is 30.4. The fraction of sp³-hybridized carbons (Fsp3) is 0.295. The maximum Gasteiger partial charge on any atom is 0.407 e. The van der Waals surface area contributed by atoms with Crippen LogP contribution in [-0.2, 0) is 44.4 Å². The minimum atomic E-state index is -4.92. The average Bonchev–Trinajstić information content (AvgIpc) is 3.73. The first kappa shape index (κ1) is 46.9. The van der Waals surface area contributed by atoms with E-state index in [1.165, 1.54) is 54.8 Å². The van der Waals surface area contributed by atoms with Gasteiger partial charge in [0, 0.05) is 43.6 Å². The molecule has 0 fully saturated rings. The topological polar surface area (TPSA) is 232 Å². The predicted molar refractivity (Wildman–Crippen MR) is 239 cm³/mol. The Hall–Kier alpha value is -6.61. The third-order valence-electron chi connectivity index (χ3n) is 9.58. The van der Waals surface area contributed by atoms with Crippen LogP contribution < -0.4 is 30.0 Å². The van der Waals surface area contributed by atoms with E-state index in [-0.39, 0.29) is 48.8 Å². The van der Waals surface area contributed by atoms with Crippen molar-refractivity contribution in [1.29, 1.82) is 0 Å². The number of pyridine rings is 1. The Morgan fingerprint density at radius 3 is 1.86 bits per heavy atom. The van der Waals surface area contributed by atoms with Crippen LogP contribution in [0.2, 0.25) is 0 Å². The highest BCUT2D eigenvalue weighted by Gasteiger charge is 2.38. The molecule has 0 saturated heterocycles. The number of hydrogen-bond acceptors (Lipinski definition) is 14. The van der Waals surface area contributed by atoms with Crippen LogP contribution in [0.5, 0.6) is 17.2 Å². The SMILES string of the molecule is COc1ccc(CN(Cc2ccc(OC)cc2)S(=O)(=O)c2c(S(=O)(=O)NC(C)CNC(=O)OC(C)(C)C)ccc(-c3cncc(N)c3)c2-c2nnn(Cc3ccc(OC)cc3)n2)cc1. The number of carbonyl (C=O) groups excluding carboxylic acids is 1. The molecule has 0 spiro atoms. The summed E-state index contributed by atoms with van der Waals surface area (Å²) in [5.41, 5.74) is 7.96. The molecule has 0 aliphatic rings. The van der Waals surface area contributed by atoms with Gasteiger partial charge in [-0.15, -0.1) is 10.2 Å². The molecular formula is C44H51N9O9S2. The summed E-state index contributed by atoms with van der Waals surface area (Å²) >= 11 is 0. The van der Waals surface area contributed by atoms with Gasteiger partial charge >= 0.3 is 6.09 Å². The van der Waals surface area contributed by atoms with Gasteiger partial charge in [0.25, 0.3) is 0 Å². The Morgan fingerprint density at radius 1 is 0.797 bits per heavy atom. The van der Waals surface area contributed by atoms with Gasteiger partial charge in [0.05, 0.1) is 39.1 Å². The number of rotatable bonds is 18. The van der Waals surface area contributed by atoms with Gasteiger partial charge in [0.15, 0.2) is 0 Å². The Balaban J connectivity index is 1.57. The van der Waals surface area contributed by atoms with E-state index in [4.69, 9.17) is 24.7 Å². The maximum absolute atomic E-state index is 15.9. The van der Waals surface area contributed by atoms with Crippen LogP contribution in [0.1, 0.15) is 44.4 Å². The average molecular weight is 914 g/mol. The van der Waals surface area contributed by atoms with Gasteiger partial charge in [-0.05, 0) is 104 Å². The maximum atomic E-state index is 15.9. The van der Waals surface area contributed by atoms with E-state index in [0.29, 0.717) is 33.9 Å². The standard InChI is InChI=1S/C44H51N9O9S2/c1-29(23-47-43(54)62-44(2,3)4)50-63(55,56)39-21-20-38(33-22-34(45)25-46-24-33)40(42-48-51-53(49-42)28-32-12-18-37(61-7)19-13-32)41(39)64(57,58)52(26-30-8-14-35(59-5)15-9-30)27-31-10-16-36(60-6)17-11-31/h8-22,24-25,29,50H,23,26-28,45H2,1-7H3,(H,47,54). The fourth-order valence-corrected chi connectivity index (χ4v) is 10.2. The van der Waals surface area contributed by atoms with Gasteiger partial charge < -0.3 is 30.0 Å². The number of nitrogens with one attached hydrogen (secondary N) is 2. The lowest BCUT2D eigenvalue weighted by Gasteiger charge is -2.27. The van der Waals surface area contributed by atoms with Crippen LogP contribution in [0.4, 0.5) is 10.5 Å². The minimum absolute atomic E-state index is 0.122. The lowest BCUT2D eigenvalue weighted by atomic mass is 10.00. The second-order valence-corrected chi connectivity index (χ2v) is 19.2. The first-order valence-electron chi connectivity index (χ1n) is 19.9. The highest BCUT2D eigenvalue weighted by molar-refractivity contribution is 7.92. The monoisotopic (exact) mass is 913 g/mol. The van der Waals surface area contributed by atoms with Crippen LogP contribution in [0.25, 0.3) is 22.5 Å². The number of tetrazole rings is 1. The molecule has 6 aromatic rings. The van der Waals surface area contributed by atoms with Crippen LogP contribution in [0, 0.1) is 0 Å². The summed E-state index contributed by atoms with van der Waals surface area (Å²) in [5.74, 6) is 1.55. The number of sulfonamides is 2. The van der Waals surface area contributed by atoms with Crippen molar-refractivity contribution in [2.45, 2.75) is 68.8 Å². The molecule has 18 nitrogen and oxygen atoms in total. The Morgan fingerprint density at radius 2 is 1.34 bits per heavy atom. The molecule has 1 atom stereocenters. The molecule has 64 heavy (non-hydrogen) atoms. The molecular weight excluding hydrogens is 863 g/mol. The molecule has 20 heteroatoms.